The van der Waals surface area contributed by atoms with Gasteiger partial charge in [-0.25, -0.2) is 0 Å². The van der Waals surface area contributed by atoms with Crippen molar-refractivity contribution in [1.29, 1.82) is 0 Å². The summed E-state index contributed by atoms with van der Waals surface area (Å²) in [6.07, 6.45) is 2.76. The highest BCUT2D eigenvalue weighted by Gasteiger charge is 2.18. The Hall–Kier alpha value is 0.440. The van der Waals surface area contributed by atoms with Crippen molar-refractivity contribution in [3.63, 3.8) is 0 Å². The van der Waals surface area contributed by atoms with E-state index in [9.17, 15) is 0 Å². The maximum absolute atomic E-state index is 3.47. The van der Waals surface area contributed by atoms with Crippen LogP contribution in [-0.4, -0.2) is 29.9 Å². The van der Waals surface area contributed by atoms with E-state index in [1.165, 1.54) is 19.4 Å². The summed E-state index contributed by atoms with van der Waals surface area (Å²) in [7, 11) is 2.19. The third-order valence-corrected chi connectivity index (χ3v) is 2.60. The second-order valence-corrected chi connectivity index (χ2v) is 3.08. The van der Waals surface area contributed by atoms with Gasteiger partial charge >= 0.3 is 0 Å². The molecule has 0 spiro atoms. The molecule has 48 valence electrons. The fraction of sp³-hybridized carbons (Fsp3) is 1.00. The van der Waals surface area contributed by atoms with Crippen LogP contribution >= 0.6 is 15.9 Å². The molecule has 0 saturated carbocycles. The number of hydrogen-bond donors (Lipinski definition) is 0. The Kier molecular flexibility index (Phi) is 2.32. The van der Waals surface area contributed by atoms with Crippen LogP contribution in [0.2, 0.25) is 0 Å². The monoisotopic (exact) mass is 177 g/mol. The molecule has 0 aromatic heterocycles. The zero-order valence-corrected chi connectivity index (χ0v) is 6.82. The number of hydrogen-bond acceptors (Lipinski definition) is 1. The summed E-state index contributed by atoms with van der Waals surface area (Å²) in [5.74, 6) is 0. The van der Waals surface area contributed by atoms with E-state index >= 15 is 0 Å². The van der Waals surface area contributed by atoms with Crippen molar-refractivity contribution in [2.45, 2.75) is 18.9 Å². The van der Waals surface area contributed by atoms with E-state index in [0.717, 1.165) is 11.4 Å². The average molecular weight is 178 g/mol. The molecule has 1 saturated heterocycles. The number of alkyl halides is 1. The van der Waals surface area contributed by atoms with Crippen LogP contribution < -0.4 is 0 Å². The molecule has 0 aromatic carbocycles. The van der Waals surface area contributed by atoms with Crippen molar-refractivity contribution in [1.82, 2.24) is 4.90 Å². The minimum atomic E-state index is 0.815. The molecule has 8 heavy (non-hydrogen) atoms. The minimum Gasteiger partial charge on any atom is -0.303 e. The largest absolute Gasteiger partial charge is 0.303 e. The lowest BCUT2D eigenvalue weighted by Crippen LogP contribution is -2.25. The molecule has 1 aliphatic rings. The molecular weight excluding hydrogens is 166 g/mol. The molecule has 0 aromatic rings. The van der Waals surface area contributed by atoms with Gasteiger partial charge in [-0.3, -0.25) is 0 Å². The number of halogens is 1. The Balaban J connectivity index is 2.30. The second-order valence-electron chi connectivity index (χ2n) is 2.43. The molecule has 0 aliphatic carbocycles. The van der Waals surface area contributed by atoms with E-state index in [1.54, 1.807) is 0 Å². The summed E-state index contributed by atoms with van der Waals surface area (Å²) in [5.41, 5.74) is 0. The zero-order chi connectivity index (χ0) is 5.98. The predicted molar refractivity (Wildman–Crippen MR) is 39.4 cm³/mol. The minimum absolute atomic E-state index is 0.815. The molecule has 1 heterocycles. The maximum Gasteiger partial charge on any atom is 0.0190 e. The van der Waals surface area contributed by atoms with Gasteiger partial charge < -0.3 is 4.90 Å². The first-order chi connectivity index (χ1) is 3.84. The molecule has 0 amide bonds. The first kappa shape index (κ1) is 6.56. The SMILES string of the molecule is CN1CCC[C@H]1CBr. The van der Waals surface area contributed by atoms with E-state index in [0.29, 0.717) is 0 Å². The topological polar surface area (TPSA) is 3.24 Å². The zero-order valence-electron chi connectivity index (χ0n) is 5.23. The Bertz CT molecular complexity index is 74.9. The third-order valence-electron chi connectivity index (χ3n) is 1.85. The maximum atomic E-state index is 3.47. The Morgan fingerprint density at radius 2 is 2.50 bits per heavy atom. The van der Waals surface area contributed by atoms with Gasteiger partial charge in [0.2, 0.25) is 0 Å². The van der Waals surface area contributed by atoms with Crippen LogP contribution in [0.5, 0.6) is 0 Å². The summed E-state index contributed by atoms with van der Waals surface area (Å²) in [6, 6.07) is 0.815. The number of rotatable bonds is 1. The van der Waals surface area contributed by atoms with Crippen LogP contribution in [0.4, 0.5) is 0 Å². The average Bonchev–Trinajstić information content (AvgIpc) is 2.14. The van der Waals surface area contributed by atoms with Crippen LogP contribution in [0.3, 0.4) is 0 Å². The molecule has 0 unspecified atom stereocenters. The van der Waals surface area contributed by atoms with Gasteiger partial charge in [0.1, 0.15) is 0 Å². The molecule has 1 atom stereocenters. The van der Waals surface area contributed by atoms with Crippen molar-refractivity contribution in [3.05, 3.63) is 0 Å². The van der Waals surface area contributed by atoms with Crippen LogP contribution in [0.15, 0.2) is 0 Å². The van der Waals surface area contributed by atoms with E-state index in [-0.39, 0.29) is 0 Å². The van der Waals surface area contributed by atoms with Crippen molar-refractivity contribution in [2.75, 3.05) is 18.9 Å². The van der Waals surface area contributed by atoms with Crippen LogP contribution in [-0.2, 0) is 0 Å². The van der Waals surface area contributed by atoms with Crippen LogP contribution in [0.25, 0.3) is 0 Å². The molecular formula is C6H12BrN. The summed E-state index contributed by atoms with van der Waals surface area (Å²) < 4.78 is 0. The first-order valence-corrected chi connectivity index (χ1v) is 4.23. The van der Waals surface area contributed by atoms with Gasteiger partial charge in [-0.1, -0.05) is 15.9 Å². The Morgan fingerprint density at radius 1 is 1.75 bits per heavy atom. The lowest BCUT2D eigenvalue weighted by molar-refractivity contribution is 0.336. The van der Waals surface area contributed by atoms with Crippen LogP contribution in [0.1, 0.15) is 12.8 Å². The van der Waals surface area contributed by atoms with Gasteiger partial charge in [-0.15, -0.1) is 0 Å². The van der Waals surface area contributed by atoms with Gasteiger partial charge in [0.15, 0.2) is 0 Å². The second kappa shape index (κ2) is 2.83. The van der Waals surface area contributed by atoms with Gasteiger partial charge in [0.05, 0.1) is 0 Å². The lowest BCUT2D eigenvalue weighted by Gasteiger charge is -2.15. The molecule has 1 nitrogen and oxygen atoms in total. The molecule has 1 fully saturated rings. The highest BCUT2D eigenvalue weighted by atomic mass is 79.9. The van der Waals surface area contributed by atoms with E-state index in [2.05, 4.69) is 27.9 Å². The molecule has 0 bridgehead atoms. The van der Waals surface area contributed by atoms with Gasteiger partial charge in [-0.2, -0.15) is 0 Å². The fourth-order valence-corrected chi connectivity index (χ4v) is 1.99. The summed E-state index contributed by atoms with van der Waals surface area (Å²) in [4.78, 5) is 2.41. The quantitative estimate of drug-likeness (QED) is 0.549. The molecule has 1 rings (SSSR count). The van der Waals surface area contributed by atoms with E-state index < -0.39 is 0 Å². The van der Waals surface area contributed by atoms with Gasteiger partial charge in [-0.05, 0) is 26.4 Å². The van der Waals surface area contributed by atoms with E-state index in [4.69, 9.17) is 0 Å². The summed E-state index contributed by atoms with van der Waals surface area (Å²) >= 11 is 3.47. The number of nitrogens with zero attached hydrogens (tertiary/aromatic N) is 1. The van der Waals surface area contributed by atoms with Gasteiger partial charge in [0, 0.05) is 11.4 Å². The highest BCUT2D eigenvalue weighted by molar-refractivity contribution is 9.09. The third kappa shape index (κ3) is 1.23. The van der Waals surface area contributed by atoms with Crippen LogP contribution in [0, 0.1) is 0 Å². The van der Waals surface area contributed by atoms with E-state index in [1.807, 2.05) is 0 Å². The standard InChI is InChI=1S/C6H12BrN/c1-8-4-2-3-6(8)5-7/h6H,2-5H2,1H3/t6-/m0/s1. The van der Waals surface area contributed by atoms with Crippen molar-refractivity contribution in [2.24, 2.45) is 0 Å². The lowest BCUT2D eigenvalue weighted by atomic mass is 10.2. The normalized spacial score (nSPS) is 31.5. The molecule has 1 aliphatic heterocycles. The van der Waals surface area contributed by atoms with Crippen molar-refractivity contribution < 1.29 is 0 Å². The molecule has 2 heteroatoms. The van der Waals surface area contributed by atoms with Crippen molar-refractivity contribution in [3.8, 4) is 0 Å². The van der Waals surface area contributed by atoms with Crippen molar-refractivity contribution >= 4 is 15.9 Å². The summed E-state index contributed by atoms with van der Waals surface area (Å²) in [5, 5.41) is 1.14. The number of likely N-dealkylation sites (tertiary alicyclic amines) is 1. The smallest absolute Gasteiger partial charge is 0.0190 e. The highest BCUT2D eigenvalue weighted by Crippen LogP contribution is 2.15. The predicted octanol–water partition coefficient (Wildman–Crippen LogP) is 1.48. The first-order valence-electron chi connectivity index (χ1n) is 3.11. The fourth-order valence-electron chi connectivity index (χ4n) is 1.17. The summed E-state index contributed by atoms with van der Waals surface area (Å²) in [6.45, 7) is 1.29. The Labute approximate surface area is 59.2 Å². The Morgan fingerprint density at radius 3 is 2.75 bits per heavy atom. The molecule has 0 radical (unpaired) electrons. The molecule has 0 N–H and O–H groups in total. The van der Waals surface area contributed by atoms with Gasteiger partial charge in [0.25, 0.3) is 0 Å².